The molecule has 0 aromatic heterocycles. The summed E-state index contributed by atoms with van der Waals surface area (Å²) in [5, 5.41) is 13.5. The molecule has 1 N–H and O–H groups in total. The van der Waals surface area contributed by atoms with Crippen molar-refractivity contribution in [1.82, 2.24) is 5.32 Å². The molecule has 0 aliphatic carbocycles. The number of hydrogen-bond acceptors (Lipinski definition) is 1. The van der Waals surface area contributed by atoms with Crippen molar-refractivity contribution in [2.75, 3.05) is 6.54 Å². The highest BCUT2D eigenvalue weighted by molar-refractivity contribution is 4.81. The van der Waals surface area contributed by atoms with Crippen LogP contribution in [0.5, 0.6) is 0 Å². The third-order valence-corrected chi connectivity index (χ3v) is 1.43. The molecule has 1 aliphatic rings. The van der Waals surface area contributed by atoms with Crippen molar-refractivity contribution in [3.05, 3.63) is 0 Å². The lowest BCUT2D eigenvalue weighted by atomic mass is 10.0. The Morgan fingerprint density at radius 2 is 2.43 bits per heavy atom. The molecule has 2 heteroatoms. The fourth-order valence-electron chi connectivity index (χ4n) is 0.712. The minimum absolute atomic E-state index is 0.278. The van der Waals surface area contributed by atoms with Gasteiger partial charge in [0.25, 0.3) is 0 Å². The van der Waals surface area contributed by atoms with Gasteiger partial charge in [-0.05, 0) is 19.9 Å². The largest absolute Gasteiger partial charge is 0.311 e. The molecule has 1 fully saturated rings. The highest BCUT2D eigenvalue weighted by Crippen LogP contribution is 2.05. The molecule has 41 valence electrons. The van der Waals surface area contributed by atoms with Gasteiger partial charge in [0.05, 0.1) is 0 Å². The van der Waals surface area contributed by atoms with E-state index in [1.54, 1.807) is 6.92 Å². The van der Waals surface area contributed by atoms with Crippen LogP contribution in [0.3, 0.4) is 0 Å². The summed E-state index contributed by atoms with van der Waals surface area (Å²) >= 11 is 0. The normalized spacial score (nSPS) is 34.3. The molecule has 7 heavy (non-hydrogen) atoms. The Balaban J connectivity index is 2.14. The molecule has 2 unspecified atom stereocenters. The zero-order chi connectivity index (χ0) is 5.28. The number of hydrogen-bond donors (Lipinski definition) is 1. The van der Waals surface area contributed by atoms with Crippen LogP contribution in [-0.4, -0.2) is 18.7 Å². The SMILES string of the molecule is CC([O])C1CCN1. The van der Waals surface area contributed by atoms with Crippen molar-refractivity contribution in [3.8, 4) is 0 Å². The fraction of sp³-hybridized carbons (Fsp3) is 1.00. The van der Waals surface area contributed by atoms with Gasteiger partial charge in [-0.2, -0.15) is 0 Å². The molecule has 2 atom stereocenters. The van der Waals surface area contributed by atoms with Crippen LogP contribution >= 0.6 is 0 Å². The summed E-state index contributed by atoms with van der Waals surface area (Å²) in [6, 6.07) is 0.278. The van der Waals surface area contributed by atoms with E-state index in [9.17, 15) is 5.11 Å². The molecular formula is C5H10NO. The lowest BCUT2D eigenvalue weighted by molar-refractivity contribution is 0.0460. The summed E-state index contributed by atoms with van der Waals surface area (Å²) in [5.74, 6) is 0. The molecule has 0 aromatic rings. The molecule has 1 radical (unpaired) electrons. The van der Waals surface area contributed by atoms with E-state index in [2.05, 4.69) is 5.32 Å². The van der Waals surface area contributed by atoms with Crippen molar-refractivity contribution < 1.29 is 5.11 Å². The second-order valence-corrected chi connectivity index (χ2v) is 2.05. The van der Waals surface area contributed by atoms with E-state index in [0.29, 0.717) is 0 Å². The fourth-order valence-corrected chi connectivity index (χ4v) is 0.712. The maximum Gasteiger partial charge on any atom is 0.105 e. The number of nitrogens with one attached hydrogen (secondary N) is 1. The van der Waals surface area contributed by atoms with Crippen LogP contribution in [0, 0.1) is 0 Å². The van der Waals surface area contributed by atoms with E-state index >= 15 is 0 Å². The predicted molar refractivity (Wildman–Crippen MR) is 26.6 cm³/mol. The summed E-state index contributed by atoms with van der Waals surface area (Å²) in [7, 11) is 0. The van der Waals surface area contributed by atoms with Crippen LogP contribution in [-0.2, 0) is 5.11 Å². The second-order valence-electron chi connectivity index (χ2n) is 2.05. The monoisotopic (exact) mass is 100 g/mol. The van der Waals surface area contributed by atoms with Crippen LogP contribution in [0.25, 0.3) is 0 Å². The molecule has 0 saturated carbocycles. The van der Waals surface area contributed by atoms with Crippen molar-refractivity contribution in [3.63, 3.8) is 0 Å². The summed E-state index contributed by atoms with van der Waals surface area (Å²) in [6.45, 7) is 2.74. The Morgan fingerprint density at radius 1 is 1.86 bits per heavy atom. The van der Waals surface area contributed by atoms with Gasteiger partial charge in [-0.15, -0.1) is 0 Å². The van der Waals surface area contributed by atoms with Crippen LogP contribution in [0.4, 0.5) is 0 Å². The van der Waals surface area contributed by atoms with Crippen LogP contribution in [0.1, 0.15) is 13.3 Å². The van der Waals surface area contributed by atoms with Gasteiger partial charge < -0.3 is 5.32 Å². The highest BCUT2D eigenvalue weighted by Gasteiger charge is 2.21. The molecule has 1 aliphatic heterocycles. The third kappa shape index (κ3) is 0.924. The van der Waals surface area contributed by atoms with Crippen molar-refractivity contribution >= 4 is 0 Å². The summed E-state index contributed by atoms with van der Waals surface area (Å²) in [6.07, 6.45) is 0.666. The Labute approximate surface area is 43.5 Å². The van der Waals surface area contributed by atoms with Crippen LogP contribution in [0.15, 0.2) is 0 Å². The van der Waals surface area contributed by atoms with E-state index in [4.69, 9.17) is 0 Å². The Bertz CT molecular complexity index is 59.1. The molecule has 1 saturated heterocycles. The molecule has 1 heterocycles. The van der Waals surface area contributed by atoms with Crippen molar-refractivity contribution in [1.29, 1.82) is 0 Å². The van der Waals surface area contributed by atoms with Crippen molar-refractivity contribution in [2.45, 2.75) is 25.5 Å². The predicted octanol–water partition coefficient (Wildman–Crippen LogP) is 0.167. The molecule has 0 bridgehead atoms. The van der Waals surface area contributed by atoms with Gasteiger partial charge in [0.1, 0.15) is 6.10 Å². The molecular weight excluding hydrogens is 90.1 g/mol. The van der Waals surface area contributed by atoms with E-state index in [0.717, 1.165) is 13.0 Å². The maximum atomic E-state index is 10.4. The summed E-state index contributed by atoms with van der Waals surface area (Å²) < 4.78 is 0. The second kappa shape index (κ2) is 1.80. The first-order valence-electron chi connectivity index (χ1n) is 2.70. The average molecular weight is 100 g/mol. The molecule has 1 rings (SSSR count). The van der Waals surface area contributed by atoms with Crippen LogP contribution in [0.2, 0.25) is 0 Å². The van der Waals surface area contributed by atoms with Gasteiger partial charge in [0.2, 0.25) is 0 Å². The lowest BCUT2D eigenvalue weighted by Gasteiger charge is -2.28. The third-order valence-electron chi connectivity index (χ3n) is 1.43. The maximum absolute atomic E-state index is 10.4. The zero-order valence-electron chi connectivity index (χ0n) is 4.48. The minimum atomic E-state index is -0.409. The van der Waals surface area contributed by atoms with Gasteiger partial charge in [0, 0.05) is 6.04 Å². The summed E-state index contributed by atoms with van der Waals surface area (Å²) in [4.78, 5) is 0. The first-order valence-corrected chi connectivity index (χ1v) is 2.70. The molecule has 0 aromatic carbocycles. The van der Waals surface area contributed by atoms with Gasteiger partial charge in [-0.3, -0.25) is 0 Å². The van der Waals surface area contributed by atoms with E-state index in [1.807, 2.05) is 0 Å². The van der Waals surface area contributed by atoms with Gasteiger partial charge in [-0.1, -0.05) is 0 Å². The first-order chi connectivity index (χ1) is 3.30. The molecule has 0 spiro atoms. The number of rotatable bonds is 1. The summed E-state index contributed by atoms with van der Waals surface area (Å²) in [5.41, 5.74) is 0. The minimum Gasteiger partial charge on any atom is -0.311 e. The van der Waals surface area contributed by atoms with Gasteiger partial charge >= 0.3 is 0 Å². The highest BCUT2D eigenvalue weighted by atomic mass is 16.3. The van der Waals surface area contributed by atoms with E-state index in [1.165, 1.54) is 0 Å². The average Bonchev–Trinajstić information content (AvgIpc) is 1.23. The van der Waals surface area contributed by atoms with Crippen LogP contribution < -0.4 is 5.32 Å². The Hall–Kier alpha value is -0.0800. The van der Waals surface area contributed by atoms with Gasteiger partial charge in [0.15, 0.2) is 0 Å². The zero-order valence-corrected chi connectivity index (χ0v) is 4.48. The lowest BCUT2D eigenvalue weighted by Crippen LogP contribution is -2.49. The standard InChI is InChI=1S/C5H10NO/c1-4(7)5-2-3-6-5/h4-6H,2-3H2,1H3. The Kier molecular flexibility index (Phi) is 1.30. The molecule has 0 amide bonds. The topological polar surface area (TPSA) is 31.9 Å². The first kappa shape index (κ1) is 5.06. The smallest absolute Gasteiger partial charge is 0.105 e. The Morgan fingerprint density at radius 3 is 2.43 bits per heavy atom. The van der Waals surface area contributed by atoms with Crippen molar-refractivity contribution in [2.24, 2.45) is 0 Å². The molecule has 2 nitrogen and oxygen atoms in total. The van der Waals surface area contributed by atoms with E-state index < -0.39 is 6.10 Å². The van der Waals surface area contributed by atoms with E-state index in [-0.39, 0.29) is 6.04 Å². The van der Waals surface area contributed by atoms with Gasteiger partial charge in [-0.25, -0.2) is 5.11 Å². The quantitative estimate of drug-likeness (QED) is 0.500.